The third kappa shape index (κ3) is 4.45. The second-order valence-corrected chi connectivity index (χ2v) is 5.73. The van der Waals surface area contributed by atoms with E-state index in [2.05, 4.69) is 4.72 Å². The Hall–Kier alpha value is -1.42. The summed E-state index contributed by atoms with van der Waals surface area (Å²) < 4.78 is 26.1. The van der Waals surface area contributed by atoms with Crippen LogP contribution in [0.4, 0.5) is 0 Å². The number of aliphatic hydroxyl groups excluding tert-OH is 1. The zero-order valence-corrected chi connectivity index (χ0v) is 10.9. The number of nitriles is 1. The van der Waals surface area contributed by atoms with Crippen molar-refractivity contribution in [1.82, 2.24) is 4.72 Å². The molecule has 1 aromatic rings. The largest absolute Gasteiger partial charge is 0.395 e. The van der Waals surface area contributed by atoms with Crippen molar-refractivity contribution in [3.63, 3.8) is 0 Å². The fourth-order valence-corrected chi connectivity index (χ4v) is 2.95. The monoisotopic (exact) mass is 268 g/mol. The first-order valence-electron chi connectivity index (χ1n) is 5.60. The van der Waals surface area contributed by atoms with Crippen molar-refractivity contribution < 1.29 is 13.5 Å². The van der Waals surface area contributed by atoms with E-state index in [0.29, 0.717) is 17.5 Å². The predicted molar refractivity (Wildman–Crippen MR) is 68.1 cm³/mol. The van der Waals surface area contributed by atoms with E-state index in [1.165, 1.54) is 0 Å². The number of hydrogen-bond acceptors (Lipinski definition) is 4. The summed E-state index contributed by atoms with van der Waals surface area (Å²) in [7, 11) is -3.50. The van der Waals surface area contributed by atoms with Gasteiger partial charge in [-0.05, 0) is 24.1 Å². The molecular formula is C12H16N2O3S. The van der Waals surface area contributed by atoms with E-state index in [-0.39, 0.29) is 12.4 Å². The maximum atomic E-state index is 11.8. The van der Waals surface area contributed by atoms with E-state index in [9.17, 15) is 8.42 Å². The highest BCUT2D eigenvalue weighted by Gasteiger charge is 2.16. The molecule has 0 saturated carbocycles. The van der Waals surface area contributed by atoms with Crippen LogP contribution in [-0.4, -0.2) is 26.2 Å². The summed E-state index contributed by atoms with van der Waals surface area (Å²) in [5.74, 6) is -0.195. The zero-order chi connectivity index (χ0) is 13.6. The Morgan fingerprint density at radius 1 is 1.50 bits per heavy atom. The normalized spacial score (nSPS) is 12.9. The van der Waals surface area contributed by atoms with Crippen LogP contribution in [0.5, 0.6) is 0 Å². The van der Waals surface area contributed by atoms with Crippen LogP contribution in [0.25, 0.3) is 0 Å². The van der Waals surface area contributed by atoms with Crippen molar-refractivity contribution >= 4 is 10.0 Å². The second-order valence-electron chi connectivity index (χ2n) is 3.98. The van der Waals surface area contributed by atoms with Crippen LogP contribution < -0.4 is 4.72 Å². The Labute approximate surface area is 107 Å². The van der Waals surface area contributed by atoms with E-state index in [1.54, 1.807) is 31.2 Å². The number of hydrogen-bond donors (Lipinski definition) is 2. The molecule has 0 radical (unpaired) electrons. The van der Waals surface area contributed by atoms with Crippen LogP contribution in [0, 0.1) is 11.3 Å². The highest BCUT2D eigenvalue weighted by atomic mass is 32.2. The van der Waals surface area contributed by atoms with Gasteiger partial charge in [-0.25, -0.2) is 13.1 Å². The summed E-state index contributed by atoms with van der Waals surface area (Å²) in [6.07, 6.45) is 0.522. The van der Waals surface area contributed by atoms with Gasteiger partial charge >= 0.3 is 0 Å². The minimum atomic E-state index is -3.50. The van der Waals surface area contributed by atoms with Crippen LogP contribution in [0.3, 0.4) is 0 Å². The molecule has 0 spiro atoms. The third-order valence-electron chi connectivity index (χ3n) is 2.47. The Morgan fingerprint density at radius 2 is 2.22 bits per heavy atom. The van der Waals surface area contributed by atoms with Gasteiger partial charge in [0.2, 0.25) is 10.0 Å². The predicted octanol–water partition coefficient (Wildman–Crippen LogP) is 0.749. The maximum absolute atomic E-state index is 11.8. The number of aliphatic hydroxyl groups is 1. The van der Waals surface area contributed by atoms with Gasteiger partial charge < -0.3 is 5.11 Å². The lowest BCUT2D eigenvalue weighted by molar-refractivity contribution is 0.254. The molecule has 1 atom stereocenters. The number of nitrogens with zero attached hydrogens (tertiary/aromatic N) is 1. The van der Waals surface area contributed by atoms with Crippen molar-refractivity contribution in [2.24, 2.45) is 0 Å². The highest BCUT2D eigenvalue weighted by Crippen LogP contribution is 2.08. The van der Waals surface area contributed by atoms with Crippen molar-refractivity contribution in [3.05, 3.63) is 35.4 Å². The van der Waals surface area contributed by atoms with E-state index in [4.69, 9.17) is 10.4 Å². The molecule has 1 rings (SSSR count). The molecule has 0 saturated heterocycles. The lowest BCUT2D eigenvalue weighted by atomic mass is 10.2. The average Bonchev–Trinajstić information content (AvgIpc) is 2.35. The van der Waals surface area contributed by atoms with Crippen molar-refractivity contribution in [3.8, 4) is 6.07 Å². The maximum Gasteiger partial charge on any atom is 0.216 e. The molecule has 0 heterocycles. The van der Waals surface area contributed by atoms with Crippen LogP contribution in [0.15, 0.2) is 24.3 Å². The van der Waals surface area contributed by atoms with Gasteiger partial charge in [0.05, 0.1) is 24.0 Å². The molecule has 0 aliphatic rings. The Balaban J connectivity index is 2.79. The fourth-order valence-electron chi connectivity index (χ4n) is 1.50. The van der Waals surface area contributed by atoms with Crippen molar-refractivity contribution in [2.75, 3.05) is 6.61 Å². The summed E-state index contributed by atoms with van der Waals surface area (Å²) in [4.78, 5) is 0. The van der Waals surface area contributed by atoms with Gasteiger partial charge in [0.25, 0.3) is 0 Å². The molecule has 18 heavy (non-hydrogen) atoms. The first-order chi connectivity index (χ1) is 8.50. The topological polar surface area (TPSA) is 90.2 Å². The minimum Gasteiger partial charge on any atom is -0.395 e. The first kappa shape index (κ1) is 14.6. The highest BCUT2D eigenvalue weighted by molar-refractivity contribution is 7.88. The Kier molecular flexibility index (Phi) is 5.28. The van der Waals surface area contributed by atoms with E-state index >= 15 is 0 Å². The third-order valence-corrected chi connectivity index (χ3v) is 3.88. The van der Waals surface area contributed by atoms with Gasteiger partial charge in [-0.2, -0.15) is 5.26 Å². The quantitative estimate of drug-likeness (QED) is 0.796. The van der Waals surface area contributed by atoms with Gasteiger partial charge in [-0.15, -0.1) is 0 Å². The van der Waals surface area contributed by atoms with Gasteiger partial charge in [-0.3, -0.25) is 0 Å². The lowest BCUT2D eigenvalue weighted by Crippen LogP contribution is -2.37. The van der Waals surface area contributed by atoms with Crippen LogP contribution >= 0.6 is 0 Å². The SMILES string of the molecule is CC[C@H](CO)NS(=O)(=O)Cc1cccc(C#N)c1. The summed E-state index contributed by atoms with van der Waals surface area (Å²) in [6.45, 7) is 1.56. The Morgan fingerprint density at radius 3 is 2.78 bits per heavy atom. The lowest BCUT2D eigenvalue weighted by Gasteiger charge is -2.14. The number of benzene rings is 1. The number of nitrogens with one attached hydrogen (secondary N) is 1. The Bertz CT molecular complexity index is 530. The van der Waals surface area contributed by atoms with Crippen LogP contribution in [0.1, 0.15) is 24.5 Å². The molecule has 6 heteroatoms. The second kappa shape index (κ2) is 6.50. The van der Waals surface area contributed by atoms with E-state index < -0.39 is 16.1 Å². The molecule has 0 bridgehead atoms. The molecule has 2 N–H and O–H groups in total. The summed E-state index contributed by atoms with van der Waals surface area (Å²) in [5, 5.41) is 17.7. The molecule has 98 valence electrons. The molecule has 0 unspecified atom stereocenters. The molecule has 0 aromatic heterocycles. The van der Waals surface area contributed by atoms with Crippen LogP contribution in [-0.2, 0) is 15.8 Å². The molecule has 0 amide bonds. The molecular weight excluding hydrogens is 252 g/mol. The molecule has 0 fully saturated rings. The molecule has 5 nitrogen and oxygen atoms in total. The smallest absolute Gasteiger partial charge is 0.216 e. The molecule has 0 aliphatic heterocycles. The minimum absolute atomic E-state index is 0.195. The summed E-state index contributed by atoms with van der Waals surface area (Å²) in [6, 6.07) is 7.95. The van der Waals surface area contributed by atoms with Crippen LogP contribution in [0.2, 0.25) is 0 Å². The van der Waals surface area contributed by atoms with Gasteiger partial charge in [-0.1, -0.05) is 19.1 Å². The number of sulfonamides is 1. The first-order valence-corrected chi connectivity index (χ1v) is 7.26. The van der Waals surface area contributed by atoms with Gasteiger partial charge in [0, 0.05) is 6.04 Å². The van der Waals surface area contributed by atoms with Crippen molar-refractivity contribution in [2.45, 2.75) is 25.1 Å². The zero-order valence-electron chi connectivity index (χ0n) is 10.1. The number of rotatable bonds is 6. The fraction of sp³-hybridized carbons (Fsp3) is 0.417. The van der Waals surface area contributed by atoms with Crippen molar-refractivity contribution in [1.29, 1.82) is 5.26 Å². The van der Waals surface area contributed by atoms with Gasteiger partial charge in [0.1, 0.15) is 0 Å². The van der Waals surface area contributed by atoms with E-state index in [1.807, 2.05) is 6.07 Å². The van der Waals surface area contributed by atoms with E-state index in [0.717, 1.165) is 0 Å². The van der Waals surface area contributed by atoms with Gasteiger partial charge in [0.15, 0.2) is 0 Å². The summed E-state index contributed by atoms with van der Waals surface area (Å²) >= 11 is 0. The average molecular weight is 268 g/mol. The standard InChI is InChI=1S/C12H16N2O3S/c1-2-12(8-15)14-18(16,17)9-11-5-3-4-10(6-11)7-13/h3-6,12,14-15H,2,8-9H2,1H3/t12-/m1/s1. The molecule has 0 aliphatic carbocycles. The summed E-state index contributed by atoms with van der Waals surface area (Å²) in [5.41, 5.74) is 0.978. The molecule has 1 aromatic carbocycles.